The fourth-order valence-corrected chi connectivity index (χ4v) is 4.51. The maximum atomic E-state index is 12.5. The normalized spacial score (nSPS) is 18.8. The lowest BCUT2D eigenvalue weighted by molar-refractivity contribution is -0.132. The second-order valence-electron chi connectivity index (χ2n) is 8.47. The summed E-state index contributed by atoms with van der Waals surface area (Å²) in [5.74, 6) is 0.303. The summed E-state index contributed by atoms with van der Waals surface area (Å²) in [5, 5.41) is 10.6. The Morgan fingerprint density at radius 2 is 1.90 bits per heavy atom. The predicted molar refractivity (Wildman–Crippen MR) is 113 cm³/mol. The predicted octanol–water partition coefficient (Wildman–Crippen LogP) is 1.33. The summed E-state index contributed by atoms with van der Waals surface area (Å²) in [5.41, 5.74) is 2.32. The van der Waals surface area contributed by atoms with Crippen LogP contribution in [0, 0.1) is 12.8 Å². The number of carbonyl (C=O) groups is 2. The highest BCUT2D eigenvalue weighted by Gasteiger charge is 2.31. The Balaban J connectivity index is 1.17. The molecule has 0 aromatic carbocycles. The van der Waals surface area contributed by atoms with Gasteiger partial charge in [-0.2, -0.15) is 0 Å². The number of nitrogens with zero attached hydrogens (tertiary/aromatic N) is 5. The van der Waals surface area contributed by atoms with Crippen molar-refractivity contribution in [2.45, 2.75) is 51.6 Å². The molecule has 0 saturated carbocycles. The average molecular weight is 427 g/mol. The lowest BCUT2D eigenvalue weighted by Gasteiger charge is -2.41. The Morgan fingerprint density at radius 3 is 2.55 bits per heavy atom. The van der Waals surface area contributed by atoms with E-state index in [-0.39, 0.29) is 24.2 Å². The first-order valence-corrected chi connectivity index (χ1v) is 11.1. The molecule has 2 aromatic heterocycles. The molecule has 0 atom stereocenters. The molecule has 0 unspecified atom stereocenters. The van der Waals surface area contributed by atoms with Crippen LogP contribution in [0.3, 0.4) is 0 Å². The van der Waals surface area contributed by atoms with Crippen LogP contribution in [0.2, 0.25) is 0 Å². The van der Waals surface area contributed by atoms with Crippen molar-refractivity contribution < 1.29 is 14.2 Å². The Labute approximate surface area is 182 Å². The average Bonchev–Trinajstić information content (AvgIpc) is 3.22. The van der Waals surface area contributed by atoms with E-state index in [9.17, 15) is 9.59 Å². The fourth-order valence-electron chi connectivity index (χ4n) is 4.51. The van der Waals surface area contributed by atoms with Crippen LogP contribution in [0.4, 0.5) is 0 Å². The first-order chi connectivity index (χ1) is 15.1. The van der Waals surface area contributed by atoms with Crippen molar-refractivity contribution in [2.24, 2.45) is 5.92 Å². The van der Waals surface area contributed by atoms with E-state index in [1.54, 1.807) is 19.3 Å². The van der Waals surface area contributed by atoms with Crippen LogP contribution in [0.1, 0.15) is 42.6 Å². The number of hydrogen-bond donors (Lipinski definition) is 1. The Kier molecular flexibility index (Phi) is 6.91. The number of nitrogens with one attached hydrogen (secondary N) is 1. The minimum Gasteiger partial charge on any atom is -0.352 e. The van der Waals surface area contributed by atoms with Gasteiger partial charge in [-0.25, -0.2) is 4.63 Å². The molecule has 0 bridgehead atoms. The maximum absolute atomic E-state index is 12.5. The zero-order chi connectivity index (χ0) is 21.6. The van der Waals surface area contributed by atoms with Gasteiger partial charge in [0, 0.05) is 44.0 Å². The second kappa shape index (κ2) is 10.00. The van der Waals surface area contributed by atoms with Gasteiger partial charge in [-0.3, -0.25) is 14.6 Å². The van der Waals surface area contributed by atoms with E-state index in [4.69, 9.17) is 0 Å². The number of rotatable bonds is 6. The number of amides is 2. The van der Waals surface area contributed by atoms with Gasteiger partial charge >= 0.3 is 0 Å². The molecular formula is C22H30N6O3. The quantitative estimate of drug-likeness (QED) is 0.743. The topological polar surface area (TPSA) is 104 Å². The SMILES string of the molecule is Cc1nonc1CC(=O)N1CCC(N2CCC(C(=O)NCc3cccnc3)CC2)CC1. The van der Waals surface area contributed by atoms with Crippen LogP contribution in [0.25, 0.3) is 0 Å². The lowest BCUT2D eigenvalue weighted by atomic mass is 9.92. The minimum atomic E-state index is 0.0777. The number of pyridine rings is 1. The standard InChI is InChI=1S/C22H30N6O3/c1-16-20(26-31-25-16)13-21(29)28-11-6-19(7-12-28)27-9-4-18(5-10-27)22(30)24-15-17-3-2-8-23-14-17/h2-3,8,14,18-19H,4-7,9-13,15H2,1H3,(H,24,30). The van der Waals surface area contributed by atoms with E-state index in [0.717, 1.165) is 57.4 Å². The van der Waals surface area contributed by atoms with E-state index in [1.807, 2.05) is 17.0 Å². The highest BCUT2D eigenvalue weighted by Crippen LogP contribution is 2.24. The zero-order valence-corrected chi connectivity index (χ0v) is 18.0. The van der Waals surface area contributed by atoms with Gasteiger partial charge in [-0.15, -0.1) is 0 Å². The summed E-state index contributed by atoms with van der Waals surface area (Å²) in [6.45, 7) is 5.73. The van der Waals surface area contributed by atoms with Crippen molar-refractivity contribution in [1.82, 2.24) is 30.4 Å². The van der Waals surface area contributed by atoms with Crippen molar-refractivity contribution in [3.63, 3.8) is 0 Å². The molecule has 2 aliphatic heterocycles. The molecular weight excluding hydrogens is 396 g/mol. The molecule has 2 amide bonds. The third-order valence-electron chi connectivity index (χ3n) is 6.49. The lowest BCUT2D eigenvalue weighted by Crippen LogP contribution is -2.50. The molecule has 4 heterocycles. The van der Waals surface area contributed by atoms with Crippen LogP contribution in [0.5, 0.6) is 0 Å². The van der Waals surface area contributed by atoms with Gasteiger partial charge in [-0.1, -0.05) is 16.4 Å². The molecule has 166 valence electrons. The number of aryl methyl sites for hydroxylation is 1. The van der Waals surface area contributed by atoms with E-state index in [1.165, 1.54) is 0 Å². The summed E-state index contributed by atoms with van der Waals surface area (Å²) in [4.78, 5) is 33.6. The molecule has 0 radical (unpaired) electrons. The number of aromatic nitrogens is 3. The Morgan fingerprint density at radius 1 is 1.13 bits per heavy atom. The Bertz CT molecular complexity index is 870. The summed E-state index contributed by atoms with van der Waals surface area (Å²) in [6, 6.07) is 4.33. The molecule has 2 aliphatic rings. The molecule has 0 aliphatic carbocycles. The van der Waals surface area contributed by atoms with Crippen LogP contribution in [-0.2, 0) is 22.6 Å². The number of hydrogen-bond acceptors (Lipinski definition) is 7. The monoisotopic (exact) mass is 426 g/mol. The second-order valence-corrected chi connectivity index (χ2v) is 8.47. The smallest absolute Gasteiger partial charge is 0.228 e. The van der Waals surface area contributed by atoms with Gasteiger partial charge in [0.1, 0.15) is 11.4 Å². The third kappa shape index (κ3) is 5.46. The summed E-state index contributed by atoms with van der Waals surface area (Å²) in [7, 11) is 0. The molecule has 2 aromatic rings. The molecule has 9 heteroatoms. The molecule has 0 spiro atoms. The van der Waals surface area contributed by atoms with Crippen LogP contribution >= 0.6 is 0 Å². The summed E-state index contributed by atoms with van der Waals surface area (Å²) >= 11 is 0. The van der Waals surface area contributed by atoms with E-state index >= 15 is 0 Å². The zero-order valence-electron chi connectivity index (χ0n) is 18.0. The van der Waals surface area contributed by atoms with E-state index in [0.29, 0.717) is 24.0 Å². The first kappa shape index (κ1) is 21.4. The highest BCUT2D eigenvalue weighted by molar-refractivity contribution is 5.79. The third-order valence-corrected chi connectivity index (χ3v) is 6.49. The maximum Gasteiger partial charge on any atom is 0.228 e. The molecule has 31 heavy (non-hydrogen) atoms. The van der Waals surface area contributed by atoms with Crippen LogP contribution in [0.15, 0.2) is 29.2 Å². The summed E-state index contributed by atoms with van der Waals surface area (Å²) < 4.78 is 4.68. The molecule has 1 N–H and O–H groups in total. The van der Waals surface area contributed by atoms with Crippen molar-refractivity contribution in [1.29, 1.82) is 0 Å². The number of likely N-dealkylation sites (tertiary alicyclic amines) is 2. The molecule has 9 nitrogen and oxygen atoms in total. The molecule has 2 saturated heterocycles. The largest absolute Gasteiger partial charge is 0.352 e. The van der Waals surface area contributed by atoms with Crippen molar-refractivity contribution >= 4 is 11.8 Å². The van der Waals surface area contributed by atoms with Gasteiger partial charge in [0.15, 0.2) is 0 Å². The van der Waals surface area contributed by atoms with Crippen molar-refractivity contribution in [3.05, 3.63) is 41.5 Å². The van der Waals surface area contributed by atoms with E-state index < -0.39 is 0 Å². The van der Waals surface area contributed by atoms with Crippen LogP contribution in [-0.4, -0.2) is 69.1 Å². The minimum absolute atomic E-state index is 0.0777. The van der Waals surface area contributed by atoms with Gasteiger partial charge < -0.3 is 15.1 Å². The summed E-state index contributed by atoms with van der Waals surface area (Å²) in [6.07, 6.45) is 7.48. The Hall–Kier alpha value is -2.81. The molecule has 2 fully saturated rings. The van der Waals surface area contributed by atoms with Crippen molar-refractivity contribution in [2.75, 3.05) is 26.2 Å². The highest BCUT2D eigenvalue weighted by atomic mass is 16.6. The van der Waals surface area contributed by atoms with Gasteiger partial charge in [-0.05, 0) is 57.3 Å². The van der Waals surface area contributed by atoms with Gasteiger partial charge in [0.2, 0.25) is 11.8 Å². The first-order valence-electron chi connectivity index (χ1n) is 11.1. The number of piperidine rings is 2. The number of carbonyl (C=O) groups excluding carboxylic acids is 2. The molecule has 4 rings (SSSR count). The van der Waals surface area contributed by atoms with E-state index in [2.05, 4.69) is 30.1 Å². The fraction of sp³-hybridized carbons (Fsp3) is 0.591. The van der Waals surface area contributed by atoms with Gasteiger partial charge in [0.05, 0.1) is 6.42 Å². The van der Waals surface area contributed by atoms with Gasteiger partial charge in [0.25, 0.3) is 0 Å². The van der Waals surface area contributed by atoms with Crippen LogP contribution < -0.4 is 5.32 Å². The van der Waals surface area contributed by atoms with Crippen molar-refractivity contribution in [3.8, 4) is 0 Å².